The van der Waals surface area contributed by atoms with Crippen LogP contribution in [0, 0.1) is 5.92 Å². The number of para-hydroxylation sites is 1. The Bertz CT molecular complexity index is 511. The molecule has 0 unspecified atom stereocenters. The van der Waals surface area contributed by atoms with Gasteiger partial charge in [0.15, 0.2) is 5.96 Å². The number of halogens is 1. The van der Waals surface area contributed by atoms with E-state index in [9.17, 15) is 0 Å². The maximum absolute atomic E-state index is 6.18. The molecule has 0 saturated heterocycles. The third-order valence-corrected chi connectivity index (χ3v) is 4.49. The van der Waals surface area contributed by atoms with Gasteiger partial charge in [0.25, 0.3) is 0 Å². The minimum Gasteiger partial charge on any atom is -0.490 e. The lowest BCUT2D eigenvalue weighted by Crippen LogP contribution is -2.37. The highest BCUT2D eigenvalue weighted by atomic mass is 127. The number of hydrogen-bond acceptors (Lipinski definition) is 2. The molecule has 2 aliphatic rings. The minimum absolute atomic E-state index is 0. The average molecular weight is 429 g/mol. The van der Waals surface area contributed by atoms with E-state index in [2.05, 4.69) is 33.8 Å². The van der Waals surface area contributed by atoms with Gasteiger partial charge in [-0.05, 0) is 50.5 Å². The molecular weight excluding hydrogens is 401 g/mol. The number of hydrogen-bond donors (Lipinski definition) is 2. The van der Waals surface area contributed by atoms with E-state index in [4.69, 9.17) is 4.74 Å². The Balaban J connectivity index is 0.00000192. The van der Waals surface area contributed by atoms with Crippen molar-refractivity contribution in [3.63, 3.8) is 0 Å². The molecule has 5 heteroatoms. The number of rotatable bonds is 6. The molecule has 0 atom stereocenters. The Morgan fingerprint density at radius 1 is 1.13 bits per heavy atom. The van der Waals surface area contributed by atoms with Gasteiger partial charge >= 0.3 is 0 Å². The van der Waals surface area contributed by atoms with Crippen LogP contribution in [0.1, 0.15) is 44.1 Å². The standard InChI is InChI=1S/C18H27N3O.HI/c1-19-18(20-12-14-10-11-14)21-13-15-6-2-5-9-17(15)22-16-7-3-4-8-16;/h2,5-6,9,14,16H,3-4,7-8,10-13H2,1H3,(H2,19,20,21);1H. The van der Waals surface area contributed by atoms with Crippen LogP contribution in [-0.4, -0.2) is 25.7 Å². The summed E-state index contributed by atoms with van der Waals surface area (Å²) in [5.41, 5.74) is 1.20. The lowest BCUT2D eigenvalue weighted by Gasteiger charge is -2.18. The molecule has 2 aliphatic carbocycles. The molecule has 1 aromatic rings. The highest BCUT2D eigenvalue weighted by Crippen LogP contribution is 2.28. The van der Waals surface area contributed by atoms with E-state index in [0.29, 0.717) is 6.10 Å². The van der Waals surface area contributed by atoms with Gasteiger partial charge in [0.1, 0.15) is 5.75 Å². The third-order valence-electron chi connectivity index (χ3n) is 4.49. The number of guanidine groups is 1. The molecule has 0 aromatic heterocycles. The van der Waals surface area contributed by atoms with Gasteiger partial charge in [-0.3, -0.25) is 4.99 Å². The zero-order chi connectivity index (χ0) is 15.2. The summed E-state index contributed by atoms with van der Waals surface area (Å²) in [5.74, 6) is 2.73. The van der Waals surface area contributed by atoms with Crippen LogP contribution < -0.4 is 15.4 Å². The van der Waals surface area contributed by atoms with E-state index < -0.39 is 0 Å². The predicted octanol–water partition coefficient (Wildman–Crippen LogP) is 3.70. The van der Waals surface area contributed by atoms with Gasteiger partial charge in [0.05, 0.1) is 6.10 Å². The molecule has 0 heterocycles. The number of nitrogens with zero attached hydrogens (tertiary/aromatic N) is 1. The Hall–Kier alpha value is -0.980. The van der Waals surface area contributed by atoms with Gasteiger partial charge in [0.2, 0.25) is 0 Å². The van der Waals surface area contributed by atoms with Gasteiger partial charge in [-0.2, -0.15) is 0 Å². The van der Waals surface area contributed by atoms with Crippen molar-refractivity contribution in [2.24, 2.45) is 10.9 Å². The second kappa shape index (κ2) is 9.35. The van der Waals surface area contributed by atoms with E-state index in [-0.39, 0.29) is 24.0 Å². The van der Waals surface area contributed by atoms with E-state index >= 15 is 0 Å². The summed E-state index contributed by atoms with van der Waals surface area (Å²) in [6.45, 7) is 1.77. The lowest BCUT2D eigenvalue weighted by molar-refractivity contribution is 0.208. The summed E-state index contributed by atoms with van der Waals surface area (Å²) >= 11 is 0. The van der Waals surface area contributed by atoms with Crippen LogP contribution in [-0.2, 0) is 6.54 Å². The second-order valence-corrected chi connectivity index (χ2v) is 6.38. The topological polar surface area (TPSA) is 45.7 Å². The number of benzene rings is 1. The fourth-order valence-corrected chi connectivity index (χ4v) is 2.91. The predicted molar refractivity (Wildman–Crippen MR) is 106 cm³/mol. The summed E-state index contributed by atoms with van der Waals surface area (Å²) in [6.07, 6.45) is 8.06. The minimum atomic E-state index is 0. The Morgan fingerprint density at radius 2 is 1.87 bits per heavy atom. The molecule has 1 aromatic carbocycles. The number of ether oxygens (including phenoxy) is 1. The third kappa shape index (κ3) is 5.86. The van der Waals surface area contributed by atoms with Crippen molar-refractivity contribution in [3.8, 4) is 5.75 Å². The summed E-state index contributed by atoms with van der Waals surface area (Å²) in [6, 6.07) is 8.33. The normalized spacial score (nSPS) is 18.4. The lowest BCUT2D eigenvalue weighted by atomic mass is 10.2. The first-order chi connectivity index (χ1) is 10.8. The van der Waals surface area contributed by atoms with Crippen LogP contribution in [0.3, 0.4) is 0 Å². The Kier molecular flexibility index (Phi) is 7.46. The van der Waals surface area contributed by atoms with E-state index in [1.807, 2.05) is 13.1 Å². The van der Waals surface area contributed by atoms with Crippen molar-refractivity contribution in [1.82, 2.24) is 10.6 Å². The van der Waals surface area contributed by atoms with E-state index in [0.717, 1.165) is 30.7 Å². The maximum atomic E-state index is 6.18. The molecule has 0 radical (unpaired) electrons. The first kappa shape index (κ1) is 18.4. The van der Waals surface area contributed by atoms with Gasteiger partial charge in [-0.25, -0.2) is 0 Å². The summed E-state index contributed by atoms with van der Waals surface area (Å²) in [4.78, 5) is 4.29. The summed E-state index contributed by atoms with van der Waals surface area (Å²) in [7, 11) is 1.82. The SMILES string of the molecule is CN=C(NCc1ccccc1OC1CCCC1)NCC1CC1.I. The molecule has 0 spiro atoms. The number of nitrogens with one attached hydrogen (secondary N) is 2. The van der Waals surface area contributed by atoms with Crippen molar-refractivity contribution in [2.75, 3.05) is 13.6 Å². The highest BCUT2D eigenvalue weighted by Gasteiger charge is 2.21. The van der Waals surface area contributed by atoms with Gasteiger partial charge in [-0.15, -0.1) is 24.0 Å². The fraction of sp³-hybridized carbons (Fsp3) is 0.611. The summed E-state index contributed by atoms with van der Waals surface area (Å²) < 4.78 is 6.18. The van der Waals surface area contributed by atoms with Crippen molar-refractivity contribution in [1.29, 1.82) is 0 Å². The summed E-state index contributed by atoms with van der Waals surface area (Å²) in [5, 5.41) is 6.79. The monoisotopic (exact) mass is 429 g/mol. The second-order valence-electron chi connectivity index (χ2n) is 6.38. The van der Waals surface area contributed by atoms with Crippen molar-refractivity contribution >= 4 is 29.9 Å². The molecule has 0 bridgehead atoms. The largest absolute Gasteiger partial charge is 0.490 e. The Labute approximate surface area is 156 Å². The van der Waals surface area contributed by atoms with Gasteiger partial charge < -0.3 is 15.4 Å². The smallest absolute Gasteiger partial charge is 0.191 e. The molecule has 0 aliphatic heterocycles. The first-order valence-electron chi connectivity index (χ1n) is 8.54. The van der Waals surface area contributed by atoms with E-state index in [1.54, 1.807) is 0 Å². The van der Waals surface area contributed by atoms with Crippen molar-refractivity contribution in [2.45, 2.75) is 51.2 Å². The van der Waals surface area contributed by atoms with Crippen LogP contribution in [0.15, 0.2) is 29.3 Å². The number of aliphatic imine (C=N–C) groups is 1. The van der Waals surface area contributed by atoms with Gasteiger partial charge in [-0.1, -0.05) is 18.2 Å². The zero-order valence-corrected chi connectivity index (χ0v) is 16.2. The van der Waals surface area contributed by atoms with Crippen molar-refractivity contribution < 1.29 is 4.74 Å². The molecule has 3 rings (SSSR count). The maximum Gasteiger partial charge on any atom is 0.191 e. The molecule has 2 fully saturated rings. The molecular formula is C18H28IN3O. The molecule has 2 saturated carbocycles. The highest BCUT2D eigenvalue weighted by molar-refractivity contribution is 14.0. The molecule has 128 valence electrons. The first-order valence-corrected chi connectivity index (χ1v) is 8.54. The van der Waals surface area contributed by atoms with Crippen LogP contribution in [0.5, 0.6) is 5.75 Å². The van der Waals surface area contributed by atoms with Crippen LogP contribution in [0.25, 0.3) is 0 Å². The molecule has 2 N–H and O–H groups in total. The Morgan fingerprint density at radius 3 is 2.57 bits per heavy atom. The van der Waals surface area contributed by atoms with Crippen LogP contribution in [0.2, 0.25) is 0 Å². The van der Waals surface area contributed by atoms with Gasteiger partial charge in [0, 0.05) is 25.7 Å². The van der Waals surface area contributed by atoms with Crippen LogP contribution >= 0.6 is 24.0 Å². The fourth-order valence-electron chi connectivity index (χ4n) is 2.91. The van der Waals surface area contributed by atoms with Crippen LogP contribution in [0.4, 0.5) is 0 Å². The average Bonchev–Trinajstić information content (AvgIpc) is 3.24. The van der Waals surface area contributed by atoms with E-state index in [1.165, 1.54) is 44.1 Å². The molecule has 23 heavy (non-hydrogen) atoms. The zero-order valence-electron chi connectivity index (χ0n) is 13.9. The van der Waals surface area contributed by atoms with Crippen molar-refractivity contribution in [3.05, 3.63) is 29.8 Å². The quantitative estimate of drug-likeness (QED) is 0.412. The molecule has 0 amide bonds. The molecule has 4 nitrogen and oxygen atoms in total.